The van der Waals surface area contributed by atoms with Crippen LogP contribution in [-0.2, 0) is 16.0 Å². The molecule has 2 N–H and O–H groups in total. The summed E-state index contributed by atoms with van der Waals surface area (Å²) in [5, 5.41) is 11.8. The summed E-state index contributed by atoms with van der Waals surface area (Å²) in [6.45, 7) is 5.13. The van der Waals surface area contributed by atoms with E-state index < -0.39 is 23.7 Å². The lowest BCUT2D eigenvalue weighted by molar-refractivity contribution is -0.139. The summed E-state index contributed by atoms with van der Waals surface area (Å²) in [6, 6.07) is 13.0. The van der Waals surface area contributed by atoms with E-state index in [0.29, 0.717) is 17.1 Å². The predicted octanol–water partition coefficient (Wildman–Crippen LogP) is 4.01. The van der Waals surface area contributed by atoms with E-state index in [1.165, 1.54) is 0 Å². The number of rotatable bonds is 7. The molecular weight excluding hydrogens is 362 g/mol. The summed E-state index contributed by atoms with van der Waals surface area (Å²) in [5.41, 5.74) is -0.00586. The molecule has 2 aromatic rings. The molecule has 0 heterocycles. The molecule has 0 spiro atoms. The zero-order valence-electron chi connectivity index (χ0n) is 16.4. The maximum Gasteiger partial charge on any atom is 0.408 e. The largest absolute Gasteiger partial charge is 0.497 e. The fourth-order valence-corrected chi connectivity index (χ4v) is 2.40. The molecule has 1 atom stereocenters. The van der Waals surface area contributed by atoms with Gasteiger partial charge >= 0.3 is 12.1 Å². The van der Waals surface area contributed by atoms with Crippen LogP contribution in [0.5, 0.6) is 17.2 Å². The van der Waals surface area contributed by atoms with Crippen LogP contribution in [0.15, 0.2) is 48.5 Å². The zero-order valence-corrected chi connectivity index (χ0v) is 16.4. The summed E-state index contributed by atoms with van der Waals surface area (Å²) in [6.07, 6.45) is -0.681. The molecule has 1 amide bonds. The van der Waals surface area contributed by atoms with Gasteiger partial charge in [-0.15, -0.1) is 0 Å². The Balaban J connectivity index is 2.05. The van der Waals surface area contributed by atoms with Gasteiger partial charge in [-0.05, 0) is 62.7 Å². The van der Waals surface area contributed by atoms with Crippen molar-refractivity contribution in [2.75, 3.05) is 7.11 Å². The first-order valence-corrected chi connectivity index (χ1v) is 8.79. The van der Waals surface area contributed by atoms with Gasteiger partial charge in [0, 0.05) is 6.42 Å². The number of ether oxygens (including phenoxy) is 3. The Bertz CT molecular complexity index is 810. The van der Waals surface area contributed by atoms with Crippen LogP contribution in [0, 0.1) is 0 Å². The van der Waals surface area contributed by atoms with Crippen LogP contribution in [0.4, 0.5) is 4.79 Å². The molecule has 2 rings (SSSR count). The second kappa shape index (κ2) is 9.12. The van der Waals surface area contributed by atoms with Gasteiger partial charge in [-0.25, -0.2) is 9.59 Å². The van der Waals surface area contributed by atoms with Crippen molar-refractivity contribution in [3.05, 3.63) is 54.1 Å². The standard InChI is InChI=1S/C21H25NO6/c1-21(2,3)28-20(25)22-18(19(23)24)13-14-6-5-7-17(12-14)27-16-10-8-15(26-4)9-11-16/h5-12,18H,13H2,1-4H3,(H,22,25)(H,23,24). The predicted molar refractivity (Wildman–Crippen MR) is 104 cm³/mol. The second-order valence-electron chi connectivity index (χ2n) is 7.17. The van der Waals surface area contributed by atoms with Gasteiger partial charge in [-0.3, -0.25) is 0 Å². The minimum absolute atomic E-state index is 0.0917. The highest BCUT2D eigenvalue weighted by Gasteiger charge is 2.24. The van der Waals surface area contributed by atoms with E-state index in [1.54, 1.807) is 76.4 Å². The van der Waals surface area contributed by atoms with Crippen LogP contribution in [0.25, 0.3) is 0 Å². The van der Waals surface area contributed by atoms with Crippen molar-refractivity contribution < 1.29 is 28.9 Å². The minimum Gasteiger partial charge on any atom is -0.497 e. The molecule has 7 heteroatoms. The summed E-state index contributed by atoms with van der Waals surface area (Å²) in [4.78, 5) is 23.4. The van der Waals surface area contributed by atoms with Gasteiger partial charge in [-0.1, -0.05) is 12.1 Å². The highest BCUT2D eigenvalue weighted by atomic mass is 16.6. The van der Waals surface area contributed by atoms with Crippen LogP contribution < -0.4 is 14.8 Å². The number of amides is 1. The molecule has 2 aromatic carbocycles. The number of hydrogen-bond donors (Lipinski definition) is 2. The molecule has 0 saturated heterocycles. The third-order valence-corrected chi connectivity index (χ3v) is 3.62. The zero-order chi connectivity index (χ0) is 20.7. The number of benzene rings is 2. The maximum absolute atomic E-state index is 11.9. The molecule has 0 radical (unpaired) electrons. The monoisotopic (exact) mass is 387 g/mol. The van der Waals surface area contributed by atoms with Crippen LogP contribution in [0.2, 0.25) is 0 Å². The first-order chi connectivity index (χ1) is 13.2. The number of carboxylic acids is 1. The molecule has 7 nitrogen and oxygen atoms in total. The molecule has 0 aromatic heterocycles. The lowest BCUT2D eigenvalue weighted by Crippen LogP contribution is -2.44. The molecule has 0 aliphatic rings. The number of aliphatic carboxylic acids is 1. The van der Waals surface area contributed by atoms with Gasteiger partial charge in [0.15, 0.2) is 0 Å². The smallest absolute Gasteiger partial charge is 0.408 e. The fourth-order valence-electron chi connectivity index (χ4n) is 2.40. The Kier molecular flexibility index (Phi) is 6.87. The number of carbonyl (C=O) groups is 2. The molecule has 0 bridgehead atoms. The van der Waals surface area contributed by atoms with Crippen LogP contribution in [0.1, 0.15) is 26.3 Å². The molecule has 0 aliphatic carbocycles. The highest BCUT2D eigenvalue weighted by molar-refractivity contribution is 5.80. The SMILES string of the molecule is COc1ccc(Oc2cccc(CC(NC(=O)OC(C)(C)C)C(=O)O)c2)cc1. The lowest BCUT2D eigenvalue weighted by atomic mass is 10.1. The van der Waals surface area contributed by atoms with Gasteiger partial charge in [-0.2, -0.15) is 0 Å². The first-order valence-electron chi connectivity index (χ1n) is 8.79. The van der Waals surface area contributed by atoms with E-state index in [2.05, 4.69) is 5.32 Å². The molecule has 0 saturated carbocycles. The first kappa shape index (κ1) is 21.1. The Morgan fingerprint density at radius 1 is 1.04 bits per heavy atom. The molecule has 1 unspecified atom stereocenters. The average Bonchev–Trinajstić information content (AvgIpc) is 2.60. The van der Waals surface area contributed by atoms with Gasteiger partial charge in [0.25, 0.3) is 0 Å². The minimum atomic E-state index is -1.15. The van der Waals surface area contributed by atoms with Crippen LogP contribution >= 0.6 is 0 Å². The van der Waals surface area contributed by atoms with Crippen molar-refractivity contribution in [3.8, 4) is 17.2 Å². The average molecular weight is 387 g/mol. The quantitative estimate of drug-likeness (QED) is 0.746. The number of carbonyl (C=O) groups excluding carboxylic acids is 1. The number of nitrogens with one attached hydrogen (secondary N) is 1. The fraction of sp³-hybridized carbons (Fsp3) is 0.333. The highest BCUT2D eigenvalue weighted by Crippen LogP contribution is 2.25. The van der Waals surface area contributed by atoms with Crippen molar-refractivity contribution in [2.45, 2.75) is 38.8 Å². The van der Waals surface area contributed by atoms with E-state index in [-0.39, 0.29) is 6.42 Å². The summed E-state index contributed by atoms with van der Waals surface area (Å²) < 4.78 is 16.0. The Morgan fingerprint density at radius 3 is 2.25 bits per heavy atom. The van der Waals surface area contributed by atoms with Crippen LogP contribution in [0.3, 0.4) is 0 Å². The Morgan fingerprint density at radius 2 is 1.68 bits per heavy atom. The van der Waals surface area contributed by atoms with Crippen molar-refractivity contribution in [1.82, 2.24) is 5.32 Å². The molecule has 0 fully saturated rings. The molecule has 0 aliphatic heterocycles. The summed E-state index contributed by atoms with van der Waals surface area (Å²) in [5.74, 6) is 0.759. The Labute approximate surface area is 164 Å². The van der Waals surface area contributed by atoms with E-state index in [4.69, 9.17) is 14.2 Å². The normalized spacial score (nSPS) is 12.0. The van der Waals surface area contributed by atoms with Crippen LogP contribution in [-0.4, -0.2) is 35.9 Å². The van der Waals surface area contributed by atoms with Gasteiger partial charge in [0.05, 0.1) is 7.11 Å². The van der Waals surface area contributed by atoms with Gasteiger partial charge in [0.2, 0.25) is 0 Å². The van der Waals surface area contributed by atoms with Crippen molar-refractivity contribution in [3.63, 3.8) is 0 Å². The van der Waals surface area contributed by atoms with E-state index in [1.807, 2.05) is 0 Å². The van der Waals surface area contributed by atoms with E-state index >= 15 is 0 Å². The number of methoxy groups -OCH3 is 1. The van der Waals surface area contributed by atoms with Gasteiger partial charge < -0.3 is 24.6 Å². The van der Waals surface area contributed by atoms with Crippen molar-refractivity contribution in [1.29, 1.82) is 0 Å². The molecular formula is C21H25NO6. The van der Waals surface area contributed by atoms with E-state index in [0.717, 1.165) is 5.75 Å². The molecule has 28 heavy (non-hydrogen) atoms. The topological polar surface area (TPSA) is 94.1 Å². The Hall–Kier alpha value is -3.22. The van der Waals surface area contributed by atoms with E-state index in [9.17, 15) is 14.7 Å². The number of alkyl carbamates (subject to hydrolysis) is 1. The number of carboxylic acid groups (broad SMARTS) is 1. The van der Waals surface area contributed by atoms with Gasteiger partial charge in [0.1, 0.15) is 28.9 Å². The van der Waals surface area contributed by atoms with Crippen molar-refractivity contribution in [2.24, 2.45) is 0 Å². The number of hydrogen-bond acceptors (Lipinski definition) is 5. The maximum atomic E-state index is 11.9. The van der Waals surface area contributed by atoms with Crippen molar-refractivity contribution >= 4 is 12.1 Å². The second-order valence-corrected chi connectivity index (χ2v) is 7.17. The third kappa shape index (κ3) is 6.83. The lowest BCUT2D eigenvalue weighted by Gasteiger charge is -2.22. The molecule has 150 valence electrons. The third-order valence-electron chi connectivity index (χ3n) is 3.62. The summed E-state index contributed by atoms with van der Waals surface area (Å²) in [7, 11) is 1.59. The summed E-state index contributed by atoms with van der Waals surface area (Å²) >= 11 is 0.